The van der Waals surface area contributed by atoms with Crippen LogP contribution in [-0.2, 0) is 10.0 Å². The first-order chi connectivity index (χ1) is 12.4. The first-order valence-corrected chi connectivity index (χ1v) is 9.62. The van der Waals surface area contributed by atoms with Gasteiger partial charge < -0.3 is 0 Å². The maximum atomic E-state index is 13.2. The van der Waals surface area contributed by atoms with Crippen LogP contribution in [0.25, 0.3) is 0 Å². The molecular weight excluding hydrogens is 346 g/mol. The molecule has 0 bridgehead atoms. The molecule has 0 saturated carbocycles. The molecule has 0 N–H and O–H groups in total. The van der Waals surface area contributed by atoms with Crippen LogP contribution in [0.15, 0.2) is 83.8 Å². The minimum absolute atomic E-state index is 0.0704. The van der Waals surface area contributed by atoms with Crippen LogP contribution in [0, 0.1) is 13.8 Å². The molecule has 3 rings (SSSR count). The number of rotatable bonds is 4. The molecule has 3 aromatic rings. The average Bonchev–Trinajstić information content (AvgIpc) is 2.65. The molecule has 5 heteroatoms. The summed E-state index contributed by atoms with van der Waals surface area (Å²) < 4.78 is 27.3. The number of amides is 1. The van der Waals surface area contributed by atoms with E-state index in [-0.39, 0.29) is 4.90 Å². The zero-order valence-corrected chi connectivity index (χ0v) is 15.4. The van der Waals surface area contributed by atoms with E-state index in [1.54, 1.807) is 60.7 Å². The van der Waals surface area contributed by atoms with Gasteiger partial charge in [0, 0.05) is 5.56 Å². The van der Waals surface area contributed by atoms with Crippen LogP contribution < -0.4 is 4.31 Å². The second-order valence-corrected chi connectivity index (χ2v) is 7.81. The molecule has 0 aliphatic carbocycles. The lowest BCUT2D eigenvalue weighted by Crippen LogP contribution is -2.37. The number of sulfonamides is 1. The Morgan fingerprint density at radius 2 is 1.35 bits per heavy atom. The lowest BCUT2D eigenvalue weighted by Gasteiger charge is -2.23. The minimum Gasteiger partial charge on any atom is -0.268 e. The molecule has 26 heavy (non-hydrogen) atoms. The fraction of sp³-hybridized carbons (Fsp3) is 0.0952. The third kappa shape index (κ3) is 3.39. The molecule has 0 saturated heterocycles. The Bertz CT molecular complexity index is 1030. The van der Waals surface area contributed by atoms with Crippen LogP contribution in [0.5, 0.6) is 0 Å². The Labute approximate surface area is 153 Å². The number of carbonyl (C=O) groups is 1. The summed E-state index contributed by atoms with van der Waals surface area (Å²) in [5, 5.41) is 0. The predicted molar refractivity (Wildman–Crippen MR) is 103 cm³/mol. The number of carbonyl (C=O) groups excluding carboxylic acids is 1. The van der Waals surface area contributed by atoms with Crippen molar-refractivity contribution in [3.05, 3.63) is 95.6 Å². The fourth-order valence-corrected chi connectivity index (χ4v) is 4.05. The van der Waals surface area contributed by atoms with Crippen LogP contribution in [-0.4, -0.2) is 14.3 Å². The van der Waals surface area contributed by atoms with Crippen LogP contribution in [0.4, 0.5) is 5.69 Å². The van der Waals surface area contributed by atoms with Crippen molar-refractivity contribution in [2.45, 2.75) is 18.7 Å². The fourth-order valence-electron chi connectivity index (χ4n) is 2.62. The van der Waals surface area contributed by atoms with Gasteiger partial charge in [-0.25, -0.2) is 8.42 Å². The van der Waals surface area contributed by atoms with Crippen molar-refractivity contribution in [3.63, 3.8) is 0 Å². The topological polar surface area (TPSA) is 54.5 Å². The highest BCUT2D eigenvalue weighted by Crippen LogP contribution is 2.26. The van der Waals surface area contributed by atoms with E-state index in [0.29, 0.717) is 11.3 Å². The van der Waals surface area contributed by atoms with Gasteiger partial charge in [-0.3, -0.25) is 4.79 Å². The summed E-state index contributed by atoms with van der Waals surface area (Å²) in [4.78, 5) is 13.2. The molecule has 0 aliphatic heterocycles. The van der Waals surface area contributed by atoms with Gasteiger partial charge in [-0.2, -0.15) is 4.31 Å². The summed E-state index contributed by atoms with van der Waals surface area (Å²) in [6, 6.07) is 21.6. The number of anilines is 1. The minimum atomic E-state index is -4.04. The van der Waals surface area contributed by atoms with Crippen molar-refractivity contribution in [1.82, 2.24) is 0 Å². The van der Waals surface area contributed by atoms with Gasteiger partial charge in [0.25, 0.3) is 15.9 Å². The largest absolute Gasteiger partial charge is 0.272 e. The third-order valence-corrected chi connectivity index (χ3v) is 5.94. The highest BCUT2D eigenvalue weighted by Gasteiger charge is 2.31. The molecule has 4 nitrogen and oxygen atoms in total. The highest BCUT2D eigenvalue weighted by atomic mass is 32.2. The van der Waals surface area contributed by atoms with Crippen LogP contribution in [0.1, 0.15) is 21.5 Å². The van der Waals surface area contributed by atoms with Crippen molar-refractivity contribution in [2.75, 3.05) is 4.31 Å². The number of hydrogen-bond donors (Lipinski definition) is 0. The molecule has 0 spiro atoms. The molecule has 0 aromatic heterocycles. The molecule has 0 fully saturated rings. The van der Waals surface area contributed by atoms with Gasteiger partial charge in [-0.1, -0.05) is 42.5 Å². The normalized spacial score (nSPS) is 11.2. The number of benzene rings is 3. The van der Waals surface area contributed by atoms with Crippen LogP contribution in [0.3, 0.4) is 0 Å². The lowest BCUT2D eigenvalue weighted by atomic mass is 10.1. The Morgan fingerprint density at radius 1 is 0.769 bits per heavy atom. The van der Waals surface area contributed by atoms with E-state index in [9.17, 15) is 13.2 Å². The van der Waals surface area contributed by atoms with E-state index in [4.69, 9.17) is 0 Å². The van der Waals surface area contributed by atoms with Gasteiger partial charge >= 0.3 is 0 Å². The number of nitrogens with zero attached hydrogens (tertiary/aromatic N) is 1. The first-order valence-electron chi connectivity index (χ1n) is 8.18. The maximum Gasteiger partial charge on any atom is 0.272 e. The SMILES string of the molecule is Cc1ccc(C(=O)N(c2ccccc2)S(=O)(=O)c2ccccc2)cc1C. The molecular formula is C21H19NO3S. The number of para-hydroxylation sites is 1. The van der Waals surface area contributed by atoms with Crippen molar-refractivity contribution < 1.29 is 13.2 Å². The summed E-state index contributed by atoms with van der Waals surface area (Å²) in [7, 11) is -4.04. The Balaban J connectivity index is 2.16. The average molecular weight is 365 g/mol. The summed E-state index contributed by atoms with van der Waals surface area (Å²) in [6.07, 6.45) is 0. The smallest absolute Gasteiger partial charge is 0.268 e. The van der Waals surface area contributed by atoms with Gasteiger partial charge in [0.2, 0.25) is 0 Å². The molecule has 0 unspecified atom stereocenters. The molecule has 0 aliphatic rings. The molecule has 0 heterocycles. The Hall–Kier alpha value is -2.92. The molecule has 132 valence electrons. The second-order valence-electron chi connectivity index (χ2n) is 6.02. The molecule has 0 radical (unpaired) electrons. The quantitative estimate of drug-likeness (QED) is 0.691. The van der Waals surface area contributed by atoms with Crippen molar-refractivity contribution >= 4 is 21.6 Å². The van der Waals surface area contributed by atoms with E-state index < -0.39 is 15.9 Å². The van der Waals surface area contributed by atoms with E-state index in [1.807, 2.05) is 19.9 Å². The van der Waals surface area contributed by atoms with Gasteiger partial charge in [0.15, 0.2) is 0 Å². The molecule has 1 amide bonds. The summed E-state index contributed by atoms with van der Waals surface area (Å²) in [5.41, 5.74) is 2.61. The van der Waals surface area contributed by atoms with Crippen molar-refractivity contribution in [3.8, 4) is 0 Å². The molecule has 0 atom stereocenters. The van der Waals surface area contributed by atoms with Crippen LogP contribution in [0.2, 0.25) is 0 Å². The van der Waals surface area contributed by atoms with Crippen molar-refractivity contribution in [2.24, 2.45) is 0 Å². The van der Waals surface area contributed by atoms with E-state index >= 15 is 0 Å². The summed E-state index contributed by atoms with van der Waals surface area (Å²) in [6.45, 7) is 3.84. The zero-order chi connectivity index (χ0) is 18.7. The monoisotopic (exact) mass is 365 g/mol. The Morgan fingerprint density at radius 3 is 1.92 bits per heavy atom. The molecule has 3 aromatic carbocycles. The van der Waals surface area contributed by atoms with Gasteiger partial charge in [0.05, 0.1) is 10.6 Å². The van der Waals surface area contributed by atoms with Crippen LogP contribution >= 0.6 is 0 Å². The first kappa shape index (κ1) is 17.9. The Kier molecular flexibility index (Phi) is 4.91. The lowest BCUT2D eigenvalue weighted by molar-refractivity contribution is 0.101. The standard InChI is InChI=1S/C21H19NO3S/c1-16-13-14-18(15-17(16)2)21(23)22(19-9-5-3-6-10-19)26(24,25)20-11-7-4-8-12-20/h3-15H,1-2H3. The zero-order valence-electron chi connectivity index (χ0n) is 14.6. The highest BCUT2D eigenvalue weighted by molar-refractivity contribution is 7.93. The number of aryl methyl sites for hydroxylation is 2. The van der Waals surface area contributed by atoms with Gasteiger partial charge in [-0.05, 0) is 61.4 Å². The van der Waals surface area contributed by atoms with E-state index in [1.165, 1.54) is 12.1 Å². The summed E-state index contributed by atoms with van der Waals surface area (Å²) in [5.74, 6) is -0.580. The van der Waals surface area contributed by atoms with E-state index in [0.717, 1.165) is 15.4 Å². The second kappa shape index (κ2) is 7.14. The van der Waals surface area contributed by atoms with Gasteiger partial charge in [-0.15, -0.1) is 0 Å². The maximum absolute atomic E-state index is 13.2. The summed E-state index contributed by atoms with van der Waals surface area (Å²) >= 11 is 0. The predicted octanol–water partition coefficient (Wildman–Crippen LogP) is 4.34. The van der Waals surface area contributed by atoms with Gasteiger partial charge in [0.1, 0.15) is 0 Å². The van der Waals surface area contributed by atoms with E-state index in [2.05, 4.69) is 0 Å². The third-order valence-electron chi connectivity index (χ3n) is 4.21. The number of hydrogen-bond acceptors (Lipinski definition) is 3. The van der Waals surface area contributed by atoms with Crippen molar-refractivity contribution in [1.29, 1.82) is 0 Å².